The van der Waals surface area contributed by atoms with Crippen LogP contribution in [0.1, 0.15) is 53.2 Å². The number of rotatable bonds is 2. The van der Waals surface area contributed by atoms with Gasteiger partial charge in [-0.25, -0.2) is 13.2 Å². The molecule has 6 nitrogen and oxygen atoms in total. The number of likely N-dealkylation sites (tertiary alicyclic amines) is 1. The van der Waals surface area contributed by atoms with Crippen LogP contribution in [0.3, 0.4) is 0 Å². The lowest BCUT2D eigenvalue weighted by Crippen LogP contribution is -2.51. The van der Waals surface area contributed by atoms with Gasteiger partial charge in [0.25, 0.3) is 11.8 Å². The van der Waals surface area contributed by atoms with Gasteiger partial charge in [0.2, 0.25) is 0 Å². The summed E-state index contributed by atoms with van der Waals surface area (Å²) >= 11 is 0. The van der Waals surface area contributed by atoms with E-state index in [-0.39, 0.29) is 43.0 Å². The number of hydrogen-bond acceptors (Lipinski definition) is 4. The van der Waals surface area contributed by atoms with Gasteiger partial charge >= 0.3 is 0 Å². The first-order chi connectivity index (χ1) is 15.8. The van der Waals surface area contributed by atoms with Crippen LogP contribution in [0.25, 0.3) is 0 Å². The third kappa shape index (κ3) is 3.45. The first-order valence-corrected chi connectivity index (χ1v) is 10.8. The van der Waals surface area contributed by atoms with Crippen LogP contribution in [0.5, 0.6) is 0 Å². The Morgan fingerprint density at radius 1 is 1.09 bits per heavy atom. The van der Waals surface area contributed by atoms with Gasteiger partial charge in [-0.15, -0.1) is 0 Å². The highest BCUT2D eigenvalue weighted by Gasteiger charge is 2.58. The molecule has 3 saturated heterocycles. The van der Waals surface area contributed by atoms with Crippen LogP contribution in [-0.2, 0) is 9.53 Å². The minimum atomic E-state index is -1.11. The lowest BCUT2D eigenvalue weighted by molar-refractivity contribution is -0.142. The molecule has 0 unspecified atom stereocenters. The number of fused-ring (bicyclic) bond motifs is 1. The summed E-state index contributed by atoms with van der Waals surface area (Å²) in [5, 5.41) is 9.00. The molecule has 0 radical (unpaired) electrons. The van der Waals surface area contributed by atoms with Gasteiger partial charge in [-0.1, -0.05) is 6.07 Å². The van der Waals surface area contributed by atoms with Crippen molar-refractivity contribution < 1.29 is 27.5 Å². The zero-order chi connectivity index (χ0) is 23.3. The van der Waals surface area contributed by atoms with Crippen molar-refractivity contribution in [2.75, 3.05) is 13.1 Å². The fraction of sp³-hybridized carbons (Fsp3) is 0.375. The predicted octanol–water partition coefficient (Wildman–Crippen LogP) is 3.67. The van der Waals surface area contributed by atoms with Gasteiger partial charge < -0.3 is 14.5 Å². The lowest BCUT2D eigenvalue weighted by Gasteiger charge is -2.37. The van der Waals surface area contributed by atoms with E-state index < -0.39 is 41.2 Å². The van der Waals surface area contributed by atoms with Crippen molar-refractivity contribution in [1.82, 2.24) is 9.80 Å². The molecular formula is C24H20F3N3O3. The van der Waals surface area contributed by atoms with Crippen LogP contribution in [-0.4, -0.2) is 46.5 Å². The van der Waals surface area contributed by atoms with E-state index in [1.807, 2.05) is 0 Å². The molecule has 3 aliphatic heterocycles. The van der Waals surface area contributed by atoms with E-state index >= 15 is 0 Å². The number of nitriles is 1. The number of piperidine rings is 1. The second-order valence-corrected chi connectivity index (χ2v) is 8.65. The Morgan fingerprint density at radius 3 is 2.45 bits per heavy atom. The van der Waals surface area contributed by atoms with Crippen LogP contribution >= 0.6 is 0 Å². The second-order valence-electron chi connectivity index (χ2n) is 8.65. The summed E-state index contributed by atoms with van der Waals surface area (Å²) in [5.74, 6) is -3.04. The Kier molecular flexibility index (Phi) is 5.13. The Bertz CT molecular complexity index is 1170. The second kappa shape index (κ2) is 7.89. The van der Waals surface area contributed by atoms with Gasteiger partial charge in [-0.2, -0.15) is 5.26 Å². The van der Waals surface area contributed by atoms with Crippen LogP contribution in [0.2, 0.25) is 0 Å². The fourth-order valence-corrected chi connectivity index (χ4v) is 5.16. The number of carbonyl (C=O) groups excluding carboxylic acids is 2. The molecule has 1 spiro atoms. The molecule has 5 rings (SSSR count). The van der Waals surface area contributed by atoms with Crippen LogP contribution in [0, 0.1) is 28.8 Å². The molecular weight excluding hydrogens is 435 g/mol. The number of ether oxygens (including phenoxy) is 1. The predicted molar refractivity (Wildman–Crippen MR) is 109 cm³/mol. The van der Waals surface area contributed by atoms with Gasteiger partial charge in [0.05, 0.1) is 17.2 Å². The molecule has 2 aromatic carbocycles. The van der Waals surface area contributed by atoms with Crippen molar-refractivity contribution in [3.8, 4) is 6.07 Å². The normalized spacial score (nSPS) is 23.6. The molecule has 170 valence electrons. The monoisotopic (exact) mass is 455 g/mol. The van der Waals surface area contributed by atoms with Crippen molar-refractivity contribution in [3.05, 3.63) is 70.5 Å². The standard InChI is InChI=1S/C24H20F3N3O3/c25-16-10-15(11-17(26)12-16)19-4-5-20-30(19)23(32)24(33-20)6-8-29(9-7-24)22(31)18-3-1-2-14(13-28)21(18)27/h1-3,10-12,19-20H,4-9H2/t19-,20+/m0/s1. The third-order valence-corrected chi connectivity index (χ3v) is 6.80. The van der Waals surface area contributed by atoms with Crippen molar-refractivity contribution >= 4 is 11.8 Å². The zero-order valence-electron chi connectivity index (χ0n) is 17.6. The summed E-state index contributed by atoms with van der Waals surface area (Å²) in [6.45, 7) is 0.362. The molecule has 3 aliphatic rings. The highest BCUT2D eigenvalue weighted by Crippen LogP contribution is 2.47. The molecule has 3 heterocycles. The number of nitrogens with zero attached hydrogens (tertiary/aromatic N) is 3. The Hall–Kier alpha value is -3.38. The van der Waals surface area contributed by atoms with Gasteiger partial charge in [0, 0.05) is 32.0 Å². The van der Waals surface area contributed by atoms with E-state index in [1.54, 1.807) is 11.0 Å². The third-order valence-electron chi connectivity index (χ3n) is 6.80. The topological polar surface area (TPSA) is 73.6 Å². The van der Waals surface area contributed by atoms with E-state index in [0.717, 1.165) is 6.07 Å². The van der Waals surface area contributed by atoms with Gasteiger partial charge in [0.15, 0.2) is 11.4 Å². The first-order valence-electron chi connectivity index (χ1n) is 10.8. The molecule has 0 aliphatic carbocycles. The number of halogens is 3. The molecule has 0 aromatic heterocycles. The Balaban J connectivity index is 1.32. The first kappa shape index (κ1) is 21.5. The molecule has 3 fully saturated rings. The average molecular weight is 455 g/mol. The largest absolute Gasteiger partial charge is 0.342 e. The SMILES string of the molecule is N#Cc1cccc(C(=O)N2CCC3(CC2)O[C@@H]2CC[C@@H](c4cc(F)cc(F)c4)N2C3=O)c1F. The summed E-state index contributed by atoms with van der Waals surface area (Å²) in [4.78, 5) is 29.3. The van der Waals surface area contributed by atoms with Crippen molar-refractivity contribution in [3.63, 3.8) is 0 Å². The molecule has 2 atom stereocenters. The van der Waals surface area contributed by atoms with Crippen LogP contribution < -0.4 is 0 Å². The summed E-state index contributed by atoms with van der Waals surface area (Å²) in [5.41, 5.74) is -1.11. The van der Waals surface area contributed by atoms with E-state index in [1.165, 1.54) is 35.2 Å². The van der Waals surface area contributed by atoms with Gasteiger partial charge in [-0.3, -0.25) is 9.59 Å². The molecule has 33 heavy (non-hydrogen) atoms. The van der Waals surface area contributed by atoms with E-state index in [0.29, 0.717) is 18.4 Å². The quantitative estimate of drug-likeness (QED) is 0.693. The summed E-state index contributed by atoms with van der Waals surface area (Å²) in [7, 11) is 0. The minimum absolute atomic E-state index is 0.181. The number of carbonyl (C=O) groups is 2. The molecule has 0 bridgehead atoms. The highest BCUT2D eigenvalue weighted by molar-refractivity contribution is 5.95. The lowest BCUT2D eigenvalue weighted by atomic mass is 9.89. The van der Waals surface area contributed by atoms with Crippen molar-refractivity contribution in [2.24, 2.45) is 0 Å². The maximum atomic E-state index is 14.4. The van der Waals surface area contributed by atoms with Crippen molar-refractivity contribution in [1.29, 1.82) is 5.26 Å². The molecule has 0 N–H and O–H groups in total. The Morgan fingerprint density at radius 2 is 1.79 bits per heavy atom. The summed E-state index contributed by atoms with van der Waals surface area (Å²) in [6, 6.07) is 8.60. The summed E-state index contributed by atoms with van der Waals surface area (Å²) in [6.07, 6.45) is 1.06. The number of amides is 2. The highest BCUT2D eigenvalue weighted by atomic mass is 19.1. The maximum Gasteiger partial charge on any atom is 0.257 e. The molecule has 2 amide bonds. The fourth-order valence-electron chi connectivity index (χ4n) is 5.16. The van der Waals surface area contributed by atoms with E-state index in [9.17, 15) is 22.8 Å². The molecule has 9 heteroatoms. The average Bonchev–Trinajstić information content (AvgIpc) is 3.31. The molecule has 2 aromatic rings. The van der Waals surface area contributed by atoms with Crippen LogP contribution in [0.4, 0.5) is 13.2 Å². The van der Waals surface area contributed by atoms with Gasteiger partial charge in [-0.05, 0) is 42.7 Å². The van der Waals surface area contributed by atoms with Gasteiger partial charge in [0.1, 0.15) is 23.9 Å². The van der Waals surface area contributed by atoms with Crippen molar-refractivity contribution in [2.45, 2.75) is 43.6 Å². The number of benzene rings is 2. The molecule has 0 saturated carbocycles. The van der Waals surface area contributed by atoms with E-state index in [2.05, 4.69) is 0 Å². The zero-order valence-corrected chi connectivity index (χ0v) is 17.6. The Labute approximate surface area is 188 Å². The van der Waals surface area contributed by atoms with E-state index in [4.69, 9.17) is 10.00 Å². The maximum absolute atomic E-state index is 14.4. The minimum Gasteiger partial charge on any atom is -0.342 e. The number of hydrogen-bond donors (Lipinski definition) is 0. The smallest absolute Gasteiger partial charge is 0.257 e. The summed E-state index contributed by atoms with van der Waals surface area (Å²) < 4.78 is 48.1. The van der Waals surface area contributed by atoms with Crippen LogP contribution in [0.15, 0.2) is 36.4 Å².